The van der Waals surface area contributed by atoms with Gasteiger partial charge in [0, 0.05) is 16.7 Å². The van der Waals surface area contributed by atoms with Gasteiger partial charge in [0.1, 0.15) is 6.10 Å². The third kappa shape index (κ3) is 3.57. The van der Waals surface area contributed by atoms with Gasteiger partial charge in [-0.15, -0.1) is 11.8 Å². The maximum absolute atomic E-state index is 10.4. The summed E-state index contributed by atoms with van der Waals surface area (Å²) in [5.41, 5.74) is 1.93. The number of thioether (sulfide) groups is 1. The molecule has 0 saturated carbocycles. The number of aliphatic hydroxyl groups excluding tert-OH is 1. The Labute approximate surface area is 129 Å². The molecule has 0 amide bonds. The lowest BCUT2D eigenvalue weighted by Gasteiger charge is -2.16. The molecule has 1 heterocycles. The molecule has 0 aliphatic carbocycles. The lowest BCUT2D eigenvalue weighted by Crippen LogP contribution is -2.13. The Bertz CT molecular complexity index is 566. The van der Waals surface area contributed by atoms with Crippen LogP contribution in [0.5, 0.6) is 0 Å². The third-order valence-corrected chi connectivity index (χ3v) is 4.40. The molecule has 0 radical (unpaired) electrons. The van der Waals surface area contributed by atoms with Crippen molar-refractivity contribution >= 4 is 23.4 Å². The number of aromatic nitrogens is 2. The molecule has 0 aliphatic rings. The number of hydrogen-bond acceptors (Lipinski definition) is 3. The van der Waals surface area contributed by atoms with E-state index in [0.717, 1.165) is 4.90 Å². The summed E-state index contributed by atoms with van der Waals surface area (Å²) in [5.74, 6) is 0.557. The smallest absolute Gasteiger partial charge is 0.106 e. The first-order valence-corrected chi connectivity index (χ1v) is 7.96. The first-order chi connectivity index (χ1) is 9.49. The van der Waals surface area contributed by atoms with E-state index in [-0.39, 0.29) is 6.04 Å². The molecule has 2 rings (SSSR count). The highest BCUT2D eigenvalue weighted by Crippen LogP contribution is 2.30. The molecule has 0 bridgehead atoms. The molecule has 20 heavy (non-hydrogen) atoms. The van der Waals surface area contributed by atoms with E-state index in [1.54, 1.807) is 22.6 Å². The van der Waals surface area contributed by atoms with Crippen molar-refractivity contribution < 1.29 is 5.11 Å². The molecule has 0 saturated heterocycles. The summed E-state index contributed by atoms with van der Waals surface area (Å²) in [6, 6.07) is 8.44. The molecule has 5 heteroatoms. The van der Waals surface area contributed by atoms with Crippen molar-refractivity contribution in [3.8, 4) is 0 Å². The Morgan fingerprint density at radius 1 is 1.30 bits per heavy atom. The zero-order valence-corrected chi connectivity index (χ0v) is 13.4. The van der Waals surface area contributed by atoms with Gasteiger partial charge in [0.2, 0.25) is 0 Å². The van der Waals surface area contributed by atoms with Crippen LogP contribution in [0.25, 0.3) is 0 Å². The largest absolute Gasteiger partial charge is 0.386 e. The number of aryl methyl sites for hydroxylation is 1. The predicted octanol–water partition coefficient (Wildman–Crippen LogP) is 4.25. The predicted molar refractivity (Wildman–Crippen MR) is 84.5 cm³/mol. The zero-order valence-electron chi connectivity index (χ0n) is 11.9. The number of halogens is 1. The van der Waals surface area contributed by atoms with Crippen molar-refractivity contribution in [3.63, 3.8) is 0 Å². The van der Waals surface area contributed by atoms with Gasteiger partial charge >= 0.3 is 0 Å². The SMILES string of the molecule is Cc1ccc(SCC(O)c2c(Cl)cnn2C(C)C)cc1. The lowest BCUT2D eigenvalue weighted by atomic mass is 10.2. The molecule has 1 N–H and O–H groups in total. The molecule has 1 atom stereocenters. The first kappa shape index (κ1) is 15.4. The fourth-order valence-electron chi connectivity index (χ4n) is 1.96. The van der Waals surface area contributed by atoms with Gasteiger partial charge in [-0.25, -0.2) is 0 Å². The van der Waals surface area contributed by atoms with E-state index in [4.69, 9.17) is 11.6 Å². The maximum Gasteiger partial charge on any atom is 0.106 e. The number of rotatable bonds is 5. The monoisotopic (exact) mass is 310 g/mol. The van der Waals surface area contributed by atoms with E-state index in [2.05, 4.69) is 36.3 Å². The van der Waals surface area contributed by atoms with E-state index in [9.17, 15) is 5.11 Å². The van der Waals surface area contributed by atoms with Crippen LogP contribution >= 0.6 is 23.4 Å². The minimum absolute atomic E-state index is 0.177. The minimum Gasteiger partial charge on any atom is -0.386 e. The van der Waals surface area contributed by atoms with Gasteiger partial charge in [0.15, 0.2) is 0 Å². The van der Waals surface area contributed by atoms with Crippen molar-refractivity contribution in [2.24, 2.45) is 0 Å². The Kier molecular flexibility index (Phi) is 5.13. The van der Waals surface area contributed by atoms with Gasteiger partial charge < -0.3 is 5.11 Å². The summed E-state index contributed by atoms with van der Waals surface area (Å²) in [6.07, 6.45) is 0.968. The van der Waals surface area contributed by atoms with Gasteiger partial charge in [-0.2, -0.15) is 5.10 Å². The second-order valence-corrected chi connectivity index (χ2v) is 6.56. The second-order valence-electron chi connectivity index (χ2n) is 5.06. The zero-order chi connectivity index (χ0) is 14.7. The van der Waals surface area contributed by atoms with Gasteiger partial charge in [0.05, 0.1) is 16.9 Å². The molecule has 0 aliphatic heterocycles. The highest BCUT2D eigenvalue weighted by atomic mass is 35.5. The van der Waals surface area contributed by atoms with E-state index in [0.29, 0.717) is 16.5 Å². The van der Waals surface area contributed by atoms with Crippen molar-refractivity contribution in [1.82, 2.24) is 9.78 Å². The highest BCUT2D eigenvalue weighted by Gasteiger charge is 2.19. The van der Waals surface area contributed by atoms with E-state index in [1.807, 2.05) is 13.8 Å². The fraction of sp³-hybridized carbons (Fsp3) is 0.400. The van der Waals surface area contributed by atoms with Gasteiger partial charge in [0.25, 0.3) is 0 Å². The van der Waals surface area contributed by atoms with Crippen LogP contribution in [0.2, 0.25) is 5.02 Å². The average molecular weight is 311 g/mol. The number of nitrogens with zero attached hydrogens (tertiary/aromatic N) is 2. The van der Waals surface area contributed by atoms with Gasteiger partial charge in [-0.1, -0.05) is 29.3 Å². The van der Waals surface area contributed by atoms with Crippen molar-refractivity contribution in [2.75, 3.05) is 5.75 Å². The molecule has 1 aromatic heterocycles. The van der Waals surface area contributed by atoms with Crippen LogP contribution in [0.3, 0.4) is 0 Å². The molecule has 1 aromatic carbocycles. The summed E-state index contributed by atoms with van der Waals surface area (Å²) >= 11 is 7.75. The van der Waals surface area contributed by atoms with Crippen molar-refractivity contribution in [3.05, 3.63) is 46.7 Å². The highest BCUT2D eigenvalue weighted by molar-refractivity contribution is 7.99. The minimum atomic E-state index is -0.626. The molecule has 2 aromatic rings. The Balaban J connectivity index is 2.07. The van der Waals surface area contributed by atoms with Crippen LogP contribution < -0.4 is 0 Å². The van der Waals surface area contributed by atoms with Crippen LogP contribution in [-0.2, 0) is 0 Å². The summed E-state index contributed by atoms with van der Waals surface area (Å²) in [6.45, 7) is 6.10. The van der Waals surface area contributed by atoms with Crippen LogP contribution in [0.15, 0.2) is 35.4 Å². The molecule has 0 spiro atoms. The van der Waals surface area contributed by atoms with Crippen molar-refractivity contribution in [1.29, 1.82) is 0 Å². The molecular formula is C15H19ClN2OS. The van der Waals surface area contributed by atoms with Crippen LogP contribution in [0.4, 0.5) is 0 Å². The number of hydrogen-bond donors (Lipinski definition) is 1. The molecule has 0 fully saturated rings. The Hall–Kier alpha value is -0.970. The van der Waals surface area contributed by atoms with Crippen LogP contribution in [0, 0.1) is 6.92 Å². The molecular weight excluding hydrogens is 292 g/mol. The number of benzene rings is 1. The quantitative estimate of drug-likeness (QED) is 0.839. The second kappa shape index (κ2) is 6.66. The number of aliphatic hydroxyl groups is 1. The standard InChI is InChI=1S/C15H19ClN2OS/c1-10(2)18-15(13(16)8-17-18)14(19)9-20-12-6-4-11(3)5-7-12/h4-8,10,14,19H,9H2,1-3H3. The molecule has 1 unspecified atom stereocenters. The van der Waals surface area contributed by atoms with E-state index in [1.165, 1.54) is 5.56 Å². The molecule has 3 nitrogen and oxygen atoms in total. The van der Waals surface area contributed by atoms with Crippen molar-refractivity contribution in [2.45, 2.75) is 37.8 Å². The van der Waals surface area contributed by atoms with Gasteiger partial charge in [-0.05, 0) is 32.9 Å². The normalized spacial score (nSPS) is 12.9. The average Bonchev–Trinajstić information content (AvgIpc) is 2.80. The third-order valence-electron chi connectivity index (χ3n) is 3.02. The summed E-state index contributed by atoms with van der Waals surface area (Å²) < 4.78 is 1.78. The Morgan fingerprint density at radius 2 is 1.95 bits per heavy atom. The molecule has 108 valence electrons. The summed E-state index contributed by atoms with van der Waals surface area (Å²) in [7, 11) is 0. The maximum atomic E-state index is 10.4. The topological polar surface area (TPSA) is 38.1 Å². The fourth-order valence-corrected chi connectivity index (χ4v) is 3.06. The summed E-state index contributed by atoms with van der Waals surface area (Å²) in [4.78, 5) is 1.14. The lowest BCUT2D eigenvalue weighted by molar-refractivity contribution is 0.189. The van der Waals surface area contributed by atoms with Crippen LogP contribution in [-0.4, -0.2) is 20.6 Å². The first-order valence-electron chi connectivity index (χ1n) is 6.59. The van der Waals surface area contributed by atoms with Crippen LogP contribution in [0.1, 0.15) is 37.3 Å². The van der Waals surface area contributed by atoms with E-state index < -0.39 is 6.10 Å². The van der Waals surface area contributed by atoms with Gasteiger partial charge in [-0.3, -0.25) is 4.68 Å². The Morgan fingerprint density at radius 3 is 2.55 bits per heavy atom. The van der Waals surface area contributed by atoms with E-state index >= 15 is 0 Å². The summed E-state index contributed by atoms with van der Waals surface area (Å²) in [5, 5.41) is 15.1.